The Bertz CT molecular complexity index is 387. The van der Waals surface area contributed by atoms with Gasteiger partial charge in [-0.05, 0) is 31.5 Å². The van der Waals surface area contributed by atoms with Gasteiger partial charge in [0.2, 0.25) is 5.91 Å². The predicted molar refractivity (Wildman–Crippen MR) is 57.7 cm³/mol. The van der Waals surface area contributed by atoms with Crippen molar-refractivity contribution in [3.63, 3.8) is 0 Å². The highest BCUT2D eigenvalue weighted by Gasteiger charge is 2.26. The van der Waals surface area contributed by atoms with E-state index in [0.717, 1.165) is 11.4 Å². The molecule has 2 rings (SSSR count). The summed E-state index contributed by atoms with van der Waals surface area (Å²) in [7, 11) is 1.95. The molecular weight excluding hydrogens is 176 g/mol. The molecule has 0 bridgehead atoms. The zero-order valence-electron chi connectivity index (χ0n) is 8.66. The van der Waals surface area contributed by atoms with Crippen molar-refractivity contribution in [1.82, 2.24) is 0 Å². The van der Waals surface area contributed by atoms with E-state index in [1.807, 2.05) is 31.0 Å². The van der Waals surface area contributed by atoms with E-state index in [9.17, 15) is 4.79 Å². The molecule has 0 fully saturated rings. The Morgan fingerprint density at radius 1 is 1.43 bits per heavy atom. The van der Waals surface area contributed by atoms with E-state index in [4.69, 9.17) is 0 Å². The molecule has 1 amide bonds. The zero-order valence-corrected chi connectivity index (χ0v) is 8.66. The van der Waals surface area contributed by atoms with E-state index < -0.39 is 0 Å². The maximum absolute atomic E-state index is 11.5. The van der Waals surface area contributed by atoms with E-state index >= 15 is 0 Å². The largest absolute Gasteiger partial charge is 0.361 e. The van der Waals surface area contributed by atoms with Crippen molar-refractivity contribution in [3.05, 3.63) is 23.8 Å². The Kier molecular flexibility index (Phi) is 1.95. The third-order valence-electron chi connectivity index (χ3n) is 2.75. The molecule has 0 aliphatic carbocycles. The number of fused-ring (bicyclic) bond motifs is 1. The predicted octanol–water partition coefficient (Wildman–Crippen LogP) is 1.77. The van der Waals surface area contributed by atoms with Crippen LogP contribution < -0.4 is 10.2 Å². The highest BCUT2D eigenvalue weighted by atomic mass is 16.2. The molecule has 1 atom stereocenters. The standard InChI is InChI=1S/C11H14N2O/c1-7-4-5-9-10(6-7)13(3)8(2)11(14)12-9/h4-6,8H,1-3H3,(H,12,14). The summed E-state index contributed by atoms with van der Waals surface area (Å²) in [6.07, 6.45) is 0. The average molecular weight is 190 g/mol. The third kappa shape index (κ3) is 1.25. The fourth-order valence-corrected chi connectivity index (χ4v) is 1.66. The summed E-state index contributed by atoms with van der Waals surface area (Å²) >= 11 is 0. The summed E-state index contributed by atoms with van der Waals surface area (Å²) in [6.45, 7) is 3.95. The molecule has 0 saturated heterocycles. The van der Waals surface area contributed by atoms with Crippen LogP contribution in [0.3, 0.4) is 0 Å². The van der Waals surface area contributed by atoms with Gasteiger partial charge in [0.25, 0.3) is 0 Å². The molecule has 3 nitrogen and oxygen atoms in total. The van der Waals surface area contributed by atoms with E-state index in [1.165, 1.54) is 5.56 Å². The smallest absolute Gasteiger partial charge is 0.246 e. The van der Waals surface area contributed by atoms with Gasteiger partial charge in [-0.25, -0.2) is 0 Å². The lowest BCUT2D eigenvalue weighted by Gasteiger charge is -2.33. The van der Waals surface area contributed by atoms with Gasteiger partial charge in [0.05, 0.1) is 11.4 Å². The van der Waals surface area contributed by atoms with Gasteiger partial charge < -0.3 is 10.2 Å². The van der Waals surface area contributed by atoms with Crippen LogP contribution >= 0.6 is 0 Å². The molecule has 1 aliphatic heterocycles. The first-order chi connectivity index (χ1) is 6.59. The van der Waals surface area contributed by atoms with Gasteiger partial charge in [0.15, 0.2) is 0 Å². The van der Waals surface area contributed by atoms with Crippen LogP contribution in [-0.2, 0) is 4.79 Å². The highest BCUT2D eigenvalue weighted by molar-refractivity contribution is 6.03. The molecule has 14 heavy (non-hydrogen) atoms. The average Bonchev–Trinajstić information content (AvgIpc) is 2.16. The number of anilines is 2. The first-order valence-electron chi connectivity index (χ1n) is 4.74. The monoisotopic (exact) mass is 190 g/mol. The molecule has 3 heteroatoms. The zero-order chi connectivity index (χ0) is 10.3. The first kappa shape index (κ1) is 9.06. The number of nitrogens with zero attached hydrogens (tertiary/aromatic N) is 1. The third-order valence-corrected chi connectivity index (χ3v) is 2.75. The van der Waals surface area contributed by atoms with E-state index in [2.05, 4.69) is 18.3 Å². The van der Waals surface area contributed by atoms with E-state index in [-0.39, 0.29) is 11.9 Å². The summed E-state index contributed by atoms with van der Waals surface area (Å²) in [5.41, 5.74) is 3.21. The molecule has 1 aromatic rings. The summed E-state index contributed by atoms with van der Waals surface area (Å²) in [5, 5.41) is 2.89. The second kappa shape index (κ2) is 3.01. The number of carbonyl (C=O) groups excluding carboxylic acids is 1. The van der Waals surface area contributed by atoms with Gasteiger partial charge >= 0.3 is 0 Å². The van der Waals surface area contributed by atoms with Crippen molar-refractivity contribution in [2.45, 2.75) is 19.9 Å². The molecule has 0 radical (unpaired) electrons. The Hall–Kier alpha value is -1.51. The quantitative estimate of drug-likeness (QED) is 0.676. The first-order valence-corrected chi connectivity index (χ1v) is 4.74. The minimum atomic E-state index is -0.0932. The second-order valence-electron chi connectivity index (χ2n) is 3.80. The molecule has 0 saturated carbocycles. The molecule has 1 heterocycles. The molecule has 74 valence electrons. The van der Waals surface area contributed by atoms with Gasteiger partial charge in [-0.15, -0.1) is 0 Å². The lowest BCUT2D eigenvalue weighted by Crippen LogP contribution is -2.43. The minimum Gasteiger partial charge on any atom is -0.361 e. The van der Waals surface area contributed by atoms with Crippen molar-refractivity contribution in [1.29, 1.82) is 0 Å². The van der Waals surface area contributed by atoms with Crippen LogP contribution in [0.1, 0.15) is 12.5 Å². The number of rotatable bonds is 0. The molecule has 1 aromatic carbocycles. The number of hydrogen-bond donors (Lipinski definition) is 1. The fraction of sp³-hybridized carbons (Fsp3) is 0.364. The summed E-state index contributed by atoms with van der Waals surface area (Å²) in [6, 6.07) is 5.95. The lowest BCUT2D eigenvalue weighted by molar-refractivity contribution is -0.117. The molecule has 0 aromatic heterocycles. The molecule has 0 spiro atoms. The van der Waals surface area contributed by atoms with Crippen LogP contribution in [0.5, 0.6) is 0 Å². The second-order valence-corrected chi connectivity index (χ2v) is 3.80. The normalized spacial score (nSPS) is 20.4. The Labute approximate surface area is 83.7 Å². The maximum atomic E-state index is 11.5. The van der Waals surface area contributed by atoms with Gasteiger partial charge in [0.1, 0.15) is 6.04 Å². The van der Waals surface area contributed by atoms with Crippen LogP contribution in [0.15, 0.2) is 18.2 Å². The van der Waals surface area contributed by atoms with Crippen molar-refractivity contribution in [2.75, 3.05) is 17.3 Å². The number of nitrogens with one attached hydrogen (secondary N) is 1. The van der Waals surface area contributed by atoms with E-state index in [0.29, 0.717) is 0 Å². The fourth-order valence-electron chi connectivity index (χ4n) is 1.66. The molecule has 1 N–H and O–H groups in total. The Morgan fingerprint density at radius 3 is 2.86 bits per heavy atom. The summed E-state index contributed by atoms with van der Waals surface area (Å²) in [5.74, 6) is 0.0591. The Balaban J connectivity index is 2.51. The van der Waals surface area contributed by atoms with Crippen molar-refractivity contribution < 1.29 is 4.79 Å². The number of aryl methyl sites for hydroxylation is 1. The van der Waals surface area contributed by atoms with Gasteiger partial charge in [-0.2, -0.15) is 0 Å². The number of likely N-dealkylation sites (N-methyl/N-ethyl adjacent to an activating group) is 1. The number of benzene rings is 1. The van der Waals surface area contributed by atoms with Crippen molar-refractivity contribution in [3.8, 4) is 0 Å². The number of amides is 1. The van der Waals surface area contributed by atoms with Crippen molar-refractivity contribution in [2.24, 2.45) is 0 Å². The van der Waals surface area contributed by atoms with Crippen LogP contribution in [0.4, 0.5) is 11.4 Å². The SMILES string of the molecule is Cc1ccc2c(c1)N(C)C(C)C(=O)N2. The number of carbonyl (C=O) groups is 1. The van der Waals surface area contributed by atoms with Gasteiger partial charge in [-0.1, -0.05) is 6.07 Å². The highest BCUT2D eigenvalue weighted by Crippen LogP contribution is 2.31. The maximum Gasteiger partial charge on any atom is 0.246 e. The number of hydrogen-bond acceptors (Lipinski definition) is 2. The topological polar surface area (TPSA) is 32.3 Å². The molecule has 1 aliphatic rings. The van der Waals surface area contributed by atoms with Crippen LogP contribution in [0.2, 0.25) is 0 Å². The summed E-state index contributed by atoms with van der Waals surface area (Å²) < 4.78 is 0. The van der Waals surface area contributed by atoms with Gasteiger partial charge in [-0.3, -0.25) is 4.79 Å². The van der Waals surface area contributed by atoms with Crippen molar-refractivity contribution >= 4 is 17.3 Å². The molecule has 1 unspecified atom stereocenters. The van der Waals surface area contributed by atoms with Crippen LogP contribution in [-0.4, -0.2) is 19.0 Å². The molecular formula is C11H14N2O. The van der Waals surface area contributed by atoms with Crippen LogP contribution in [0.25, 0.3) is 0 Å². The minimum absolute atomic E-state index is 0.0591. The summed E-state index contributed by atoms with van der Waals surface area (Å²) in [4.78, 5) is 13.5. The van der Waals surface area contributed by atoms with Gasteiger partial charge in [0, 0.05) is 7.05 Å². The van der Waals surface area contributed by atoms with Crippen LogP contribution in [0, 0.1) is 6.92 Å². The van der Waals surface area contributed by atoms with E-state index in [1.54, 1.807) is 0 Å². The Morgan fingerprint density at radius 2 is 2.14 bits per heavy atom. The lowest BCUT2D eigenvalue weighted by atomic mass is 10.1.